The minimum Gasteiger partial charge on any atom is -0.506 e. The third-order valence-corrected chi connectivity index (χ3v) is 7.82. The summed E-state index contributed by atoms with van der Waals surface area (Å²) < 4.78 is 0. The summed E-state index contributed by atoms with van der Waals surface area (Å²) >= 11 is 0. The van der Waals surface area contributed by atoms with Gasteiger partial charge in [0.2, 0.25) is 5.91 Å². The number of ketones is 6. The molecule has 0 radical (unpaired) electrons. The van der Waals surface area contributed by atoms with E-state index in [4.69, 9.17) is 5.73 Å². The number of primary amides is 1. The third-order valence-electron chi connectivity index (χ3n) is 7.82. The van der Waals surface area contributed by atoms with Gasteiger partial charge in [-0.3, -0.25) is 38.5 Å². The molecule has 2 saturated carbocycles. The molecular formula is C25H26N2O9. The van der Waals surface area contributed by atoms with Gasteiger partial charge in [0, 0.05) is 11.5 Å². The molecule has 2 unspecified atom stereocenters. The largest absolute Gasteiger partial charge is 0.506 e. The Hall–Kier alpha value is -3.57. The lowest BCUT2D eigenvalue weighted by Gasteiger charge is -2.52. The van der Waals surface area contributed by atoms with E-state index in [1.165, 1.54) is 32.0 Å². The summed E-state index contributed by atoms with van der Waals surface area (Å²) in [4.78, 5) is 91.6. The van der Waals surface area contributed by atoms with Crippen LogP contribution in [0.25, 0.3) is 0 Å². The lowest BCUT2D eigenvalue weighted by molar-refractivity contribution is -0.181. The minimum atomic E-state index is -2.84. The molecule has 2 fully saturated rings. The van der Waals surface area contributed by atoms with Crippen LogP contribution in [-0.4, -0.2) is 81.5 Å². The van der Waals surface area contributed by atoms with E-state index in [1.807, 2.05) is 0 Å². The normalized spacial score (nSPS) is 31.6. The van der Waals surface area contributed by atoms with Crippen LogP contribution in [0.5, 0.6) is 5.75 Å². The average Bonchev–Trinajstić information content (AvgIpc) is 2.75. The summed E-state index contributed by atoms with van der Waals surface area (Å²) in [5.74, 6) is -13.1. The van der Waals surface area contributed by atoms with Crippen LogP contribution in [0.2, 0.25) is 0 Å². The summed E-state index contributed by atoms with van der Waals surface area (Å²) in [5, 5.41) is 22.3. The molecular weight excluding hydrogens is 472 g/mol. The summed E-state index contributed by atoms with van der Waals surface area (Å²) in [6.45, 7) is 2.38. The van der Waals surface area contributed by atoms with Gasteiger partial charge >= 0.3 is 0 Å². The molecule has 1 amide bonds. The van der Waals surface area contributed by atoms with E-state index < -0.39 is 81.7 Å². The first-order chi connectivity index (χ1) is 16.7. The third kappa shape index (κ3) is 3.22. The molecule has 6 atom stereocenters. The fraction of sp³-hybridized carbons (Fsp3) is 0.480. The number of likely N-dealkylation sites (N-methyl/N-ethyl adjacent to an activating group) is 1. The molecule has 0 bridgehead atoms. The van der Waals surface area contributed by atoms with Crippen molar-refractivity contribution in [3.63, 3.8) is 0 Å². The number of benzene rings is 1. The van der Waals surface area contributed by atoms with Crippen LogP contribution in [0.1, 0.15) is 56.9 Å². The topological polar surface area (TPSA) is 189 Å². The van der Waals surface area contributed by atoms with E-state index in [2.05, 4.69) is 0 Å². The lowest BCUT2D eigenvalue weighted by atomic mass is 9.52. The van der Waals surface area contributed by atoms with E-state index in [-0.39, 0.29) is 35.1 Å². The van der Waals surface area contributed by atoms with Crippen molar-refractivity contribution >= 4 is 40.6 Å². The Balaban J connectivity index is 1.93. The smallest absolute Gasteiger partial charge is 0.235 e. The number of fused-ring (bicyclic) bond motifs is 3. The van der Waals surface area contributed by atoms with Crippen molar-refractivity contribution in [1.29, 1.82) is 0 Å². The minimum absolute atomic E-state index is 0.0434. The number of carbonyl (C=O) groups is 7. The zero-order chi connectivity index (χ0) is 27.0. The number of rotatable bonds is 4. The predicted octanol–water partition coefficient (Wildman–Crippen LogP) is -0.728. The highest BCUT2D eigenvalue weighted by Gasteiger charge is 2.69. The van der Waals surface area contributed by atoms with Crippen LogP contribution < -0.4 is 5.73 Å². The Kier molecular flexibility index (Phi) is 5.84. The first kappa shape index (κ1) is 25.5. The van der Waals surface area contributed by atoms with Crippen molar-refractivity contribution in [1.82, 2.24) is 4.90 Å². The number of aliphatic hydroxyl groups is 1. The highest BCUT2D eigenvalue weighted by atomic mass is 16.3. The summed E-state index contributed by atoms with van der Waals surface area (Å²) in [5.41, 5.74) is 2.01. The van der Waals surface area contributed by atoms with Crippen LogP contribution in [0, 0.1) is 23.7 Å². The Morgan fingerprint density at radius 2 is 1.61 bits per heavy atom. The number of amides is 1. The van der Waals surface area contributed by atoms with E-state index in [0.29, 0.717) is 0 Å². The van der Waals surface area contributed by atoms with Gasteiger partial charge in [-0.2, -0.15) is 0 Å². The summed E-state index contributed by atoms with van der Waals surface area (Å²) in [6.07, 6.45) is -0.178. The molecule has 3 aliphatic rings. The standard InChI is InChI=1S/C25H26N2O9/c1-8(28)11-7-12(9(2)29)19(30)16-13(11)5-10-6-14-18(27(3)4)21(32)17(24(26)35)23(34)25(14,36)22(33)15(10)20(16)31/h7,10,14-15,17-18,30,36H,5-6H2,1-4H3,(H2,26,35)/t10-,14-,15?,17?,18-,25-/m0/s1. The number of phenolic OH excluding ortho intramolecular Hbond substituents is 1. The van der Waals surface area contributed by atoms with Gasteiger partial charge in [-0.05, 0) is 58.3 Å². The van der Waals surface area contributed by atoms with Crippen molar-refractivity contribution in [2.24, 2.45) is 29.4 Å². The number of hydrogen-bond acceptors (Lipinski definition) is 10. The van der Waals surface area contributed by atoms with Gasteiger partial charge in [-0.15, -0.1) is 0 Å². The van der Waals surface area contributed by atoms with Crippen molar-refractivity contribution in [2.75, 3.05) is 14.1 Å². The molecule has 0 aliphatic heterocycles. The zero-order valence-corrected chi connectivity index (χ0v) is 20.2. The van der Waals surface area contributed by atoms with Gasteiger partial charge in [0.1, 0.15) is 5.75 Å². The fourth-order valence-corrected chi connectivity index (χ4v) is 6.25. The van der Waals surface area contributed by atoms with Crippen LogP contribution in [0.4, 0.5) is 0 Å². The maximum Gasteiger partial charge on any atom is 0.235 e. The van der Waals surface area contributed by atoms with E-state index >= 15 is 0 Å². The monoisotopic (exact) mass is 498 g/mol. The second-order valence-electron chi connectivity index (χ2n) is 10.1. The molecule has 36 heavy (non-hydrogen) atoms. The Morgan fingerprint density at radius 1 is 1.03 bits per heavy atom. The van der Waals surface area contributed by atoms with Crippen molar-refractivity contribution in [2.45, 2.75) is 38.3 Å². The van der Waals surface area contributed by atoms with Crippen LogP contribution in [-0.2, 0) is 25.6 Å². The number of Topliss-reactive ketones (excluding diaryl/α,β-unsaturated/α-hetero) is 6. The highest BCUT2D eigenvalue weighted by Crippen LogP contribution is 2.51. The molecule has 190 valence electrons. The van der Waals surface area contributed by atoms with Crippen molar-refractivity contribution < 1.29 is 43.8 Å². The number of nitrogens with zero attached hydrogens (tertiary/aromatic N) is 1. The number of carbonyl (C=O) groups excluding carboxylic acids is 7. The Bertz CT molecular complexity index is 1300. The summed E-state index contributed by atoms with van der Waals surface area (Å²) in [6, 6.07) is -0.00591. The first-order valence-electron chi connectivity index (χ1n) is 11.4. The maximum atomic E-state index is 13.7. The Labute approximate surface area is 205 Å². The van der Waals surface area contributed by atoms with Crippen LogP contribution in [0.3, 0.4) is 0 Å². The first-order valence-corrected chi connectivity index (χ1v) is 11.4. The number of hydrogen-bond donors (Lipinski definition) is 3. The second-order valence-corrected chi connectivity index (χ2v) is 10.1. The number of phenols is 1. The lowest BCUT2D eigenvalue weighted by Crippen LogP contribution is -2.74. The van der Waals surface area contributed by atoms with Gasteiger partial charge in [0.05, 0.1) is 23.1 Å². The van der Waals surface area contributed by atoms with E-state index in [9.17, 15) is 43.8 Å². The SMILES string of the molecule is CC(=O)c1cc(C(C)=O)c2c(c1O)C(=O)C1C(=O)[C@]3(O)C(=O)C(C(N)=O)C(=O)[C@@H](N(C)C)[C@@H]3C[C@@H]1C2. The molecule has 1 aromatic carbocycles. The predicted molar refractivity (Wildman–Crippen MR) is 121 cm³/mol. The second kappa shape index (κ2) is 8.24. The van der Waals surface area contributed by atoms with Crippen molar-refractivity contribution in [3.05, 3.63) is 28.3 Å². The molecule has 4 rings (SSSR count). The summed E-state index contributed by atoms with van der Waals surface area (Å²) in [7, 11) is 2.98. The fourth-order valence-electron chi connectivity index (χ4n) is 6.25. The molecule has 11 heteroatoms. The van der Waals surface area contributed by atoms with Crippen LogP contribution >= 0.6 is 0 Å². The quantitative estimate of drug-likeness (QED) is 0.352. The number of aromatic hydroxyl groups is 1. The molecule has 0 spiro atoms. The van der Waals surface area contributed by atoms with Gasteiger partial charge in [0.15, 0.2) is 46.2 Å². The van der Waals surface area contributed by atoms with Gasteiger partial charge < -0.3 is 15.9 Å². The van der Waals surface area contributed by atoms with Crippen molar-refractivity contribution in [3.8, 4) is 5.75 Å². The van der Waals surface area contributed by atoms with Gasteiger partial charge in [0.25, 0.3) is 0 Å². The molecule has 0 saturated heterocycles. The molecule has 3 aliphatic carbocycles. The maximum absolute atomic E-state index is 13.7. The molecule has 1 aromatic rings. The van der Waals surface area contributed by atoms with E-state index in [0.717, 1.165) is 6.92 Å². The highest BCUT2D eigenvalue weighted by molar-refractivity contribution is 6.32. The zero-order valence-electron chi connectivity index (χ0n) is 20.2. The molecule has 4 N–H and O–H groups in total. The van der Waals surface area contributed by atoms with E-state index in [1.54, 1.807) is 0 Å². The Morgan fingerprint density at radius 3 is 2.11 bits per heavy atom. The van der Waals surface area contributed by atoms with Gasteiger partial charge in [-0.1, -0.05) is 0 Å². The average molecular weight is 498 g/mol. The molecule has 0 aromatic heterocycles. The number of nitrogens with two attached hydrogens (primary N) is 1. The molecule has 0 heterocycles. The van der Waals surface area contributed by atoms with Gasteiger partial charge in [-0.25, -0.2) is 0 Å². The molecule has 11 nitrogen and oxygen atoms in total. The van der Waals surface area contributed by atoms with Crippen LogP contribution in [0.15, 0.2) is 6.07 Å².